The molecule has 2 unspecified atom stereocenters. The monoisotopic (exact) mass is 219 g/mol. The molecule has 0 radical (unpaired) electrons. The zero-order valence-corrected chi connectivity index (χ0v) is 9.64. The van der Waals surface area contributed by atoms with Gasteiger partial charge in [0.1, 0.15) is 0 Å². The summed E-state index contributed by atoms with van der Waals surface area (Å²) in [6.07, 6.45) is 1.22. The number of aromatic nitrogens is 3. The Balaban J connectivity index is 2.31. The number of nitrogens with one attached hydrogen (secondary N) is 1. The lowest BCUT2D eigenvalue weighted by atomic mass is 10.3. The Morgan fingerprint density at radius 2 is 2.27 bits per heavy atom. The van der Waals surface area contributed by atoms with Gasteiger partial charge in [-0.05, 0) is 43.6 Å². The normalized spacial score (nSPS) is 24.7. The summed E-state index contributed by atoms with van der Waals surface area (Å²) in [6.45, 7) is 4.26. The summed E-state index contributed by atoms with van der Waals surface area (Å²) < 4.78 is 2.97. The molecule has 15 heavy (non-hydrogen) atoms. The second-order valence-corrected chi connectivity index (χ2v) is 4.79. The number of aromatic amines is 1. The first-order chi connectivity index (χ1) is 7.16. The first-order valence-electron chi connectivity index (χ1n) is 5.24. The van der Waals surface area contributed by atoms with E-state index in [1.54, 1.807) is 0 Å². The van der Waals surface area contributed by atoms with Crippen molar-refractivity contribution < 1.29 is 0 Å². The molecule has 1 saturated carbocycles. The molecular formula is C11H13N3S. The Kier molecular flexibility index (Phi) is 1.77. The highest BCUT2D eigenvalue weighted by Gasteiger charge is 2.36. The van der Waals surface area contributed by atoms with Crippen molar-refractivity contribution in [2.24, 2.45) is 5.92 Å². The molecule has 2 aromatic rings. The van der Waals surface area contributed by atoms with Gasteiger partial charge in [0.2, 0.25) is 0 Å². The minimum absolute atomic E-state index is 0.556. The maximum absolute atomic E-state index is 5.33. The molecule has 0 saturated heterocycles. The number of fused-ring (bicyclic) bond motifs is 1. The molecule has 0 aromatic carbocycles. The quantitative estimate of drug-likeness (QED) is 0.748. The maximum Gasteiger partial charge on any atom is 0.179 e. The van der Waals surface area contributed by atoms with E-state index in [2.05, 4.69) is 27.5 Å². The van der Waals surface area contributed by atoms with Gasteiger partial charge in [-0.15, -0.1) is 0 Å². The number of aryl methyl sites for hydroxylation is 1. The van der Waals surface area contributed by atoms with Crippen molar-refractivity contribution in [2.75, 3.05) is 0 Å². The maximum atomic E-state index is 5.33. The predicted octanol–water partition coefficient (Wildman–Crippen LogP) is 2.98. The fraction of sp³-hybridized carbons (Fsp3) is 0.455. The molecule has 2 aromatic heterocycles. The van der Waals surface area contributed by atoms with Gasteiger partial charge in [0.15, 0.2) is 10.4 Å². The summed E-state index contributed by atoms with van der Waals surface area (Å²) in [5.41, 5.74) is 3.10. The van der Waals surface area contributed by atoms with Gasteiger partial charge in [-0.1, -0.05) is 6.92 Å². The largest absolute Gasteiger partial charge is 0.329 e. The summed E-state index contributed by atoms with van der Waals surface area (Å²) in [7, 11) is 0. The van der Waals surface area contributed by atoms with Crippen LogP contribution >= 0.6 is 12.2 Å². The van der Waals surface area contributed by atoms with Gasteiger partial charge >= 0.3 is 0 Å². The lowest BCUT2D eigenvalue weighted by Gasteiger charge is -2.01. The Hall–Kier alpha value is -1.16. The summed E-state index contributed by atoms with van der Waals surface area (Å²) in [5.74, 6) is 0.734. The third-order valence-electron chi connectivity index (χ3n) is 3.10. The highest BCUT2D eigenvalue weighted by atomic mass is 32.1. The van der Waals surface area contributed by atoms with Gasteiger partial charge in [0.05, 0.1) is 5.52 Å². The van der Waals surface area contributed by atoms with E-state index in [1.807, 2.05) is 13.0 Å². The molecule has 3 nitrogen and oxygen atoms in total. The van der Waals surface area contributed by atoms with Crippen molar-refractivity contribution in [3.8, 4) is 0 Å². The van der Waals surface area contributed by atoms with E-state index in [4.69, 9.17) is 12.2 Å². The average Bonchev–Trinajstić information content (AvgIpc) is 2.78. The van der Waals surface area contributed by atoms with E-state index in [0.717, 1.165) is 27.5 Å². The SMILES string of the molecule is Cc1ccc2[nH]c(=S)n(C3CC3C)c2n1. The minimum atomic E-state index is 0.556. The van der Waals surface area contributed by atoms with Crippen LogP contribution in [0.4, 0.5) is 0 Å². The fourth-order valence-electron chi connectivity index (χ4n) is 2.07. The fourth-order valence-corrected chi connectivity index (χ4v) is 2.40. The molecule has 2 atom stereocenters. The lowest BCUT2D eigenvalue weighted by molar-refractivity contribution is 0.689. The van der Waals surface area contributed by atoms with E-state index in [-0.39, 0.29) is 0 Å². The summed E-state index contributed by atoms with van der Waals surface area (Å²) in [4.78, 5) is 7.77. The van der Waals surface area contributed by atoms with Crippen molar-refractivity contribution in [3.05, 3.63) is 22.6 Å². The van der Waals surface area contributed by atoms with Crippen LogP contribution in [0.3, 0.4) is 0 Å². The third-order valence-corrected chi connectivity index (χ3v) is 3.40. The molecule has 4 heteroatoms. The molecular weight excluding hydrogens is 206 g/mol. The van der Waals surface area contributed by atoms with Crippen molar-refractivity contribution in [3.63, 3.8) is 0 Å². The Bertz CT molecular complexity index is 581. The van der Waals surface area contributed by atoms with Crippen LogP contribution in [-0.2, 0) is 0 Å². The molecule has 3 rings (SSSR count). The van der Waals surface area contributed by atoms with E-state index in [1.165, 1.54) is 6.42 Å². The summed E-state index contributed by atoms with van der Waals surface area (Å²) in [6, 6.07) is 4.62. The first-order valence-corrected chi connectivity index (χ1v) is 5.65. The standard InChI is InChI=1S/C11H13N3S/c1-6-5-9(6)14-10-8(13-11(14)15)4-3-7(2)12-10/h3-4,6,9H,5H2,1-2H3,(H,13,15). The van der Waals surface area contributed by atoms with Crippen LogP contribution in [-0.4, -0.2) is 14.5 Å². The Morgan fingerprint density at radius 1 is 1.53 bits per heavy atom. The molecule has 1 fully saturated rings. The van der Waals surface area contributed by atoms with Gasteiger partial charge in [-0.2, -0.15) is 0 Å². The van der Waals surface area contributed by atoms with E-state index >= 15 is 0 Å². The molecule has 2 heterocycles. The zero-order valence-electron chi connectivity index (χ0n) is 8.82. The minimum Gasteiger partial charge on any atom is -0.329 e. The highest BCUT2D eigenvalue weighted by molar-refractivity contribution is 7.71. The van der Waals surface area contributed by atoms with E-state index in [9.17, 15) is 0 Å². The molecule has 1 aliphatic carbocycles. The highest BCUT2D eigenvalue weighted by Crippen LogP contribution is 2.44. The van der Waals surface area contributed by atoms with Crippen LogP contribution < -0.4 is 0 Å². The number of hydrogen-bond donors (Lipinski definition) is 1. The summed E-state index contributed by atoms with van der Waals surface area (Å²) >= 11 is 5.33. The predicted molar refractivity (Wildman–Crippen MR) is 62.5 cm³/mol. The molecule has 1 N–H and O–H groups in total. The second-order valence-electron chi connectivity index (χ2n) is 4.40. The van der Waals surface area contributed by atoms with Gasteiger partial charge in [0, 0.05) is 11.7 Å². The van der Waals surface area contributed by atoms with Crippen LogP contribution in [0.5, 0.6) is 0 Å². The average molecular weight is 219 g/mol. The van der Waals surface area contributed by atoms with Gasteiger partial charge in [0.25, 0.3) is 0 Å². The first kappa shape index (κ1) is 9.09. The Morgan fingerprint density at radius 3 is 2.93 bits per heavy atom. The molecule has 0 bridgehead atoms. The van der Waals surface area contributed by atoms with Gasteiger partial charge in [-0.25, -0.2) is 4.98 Å². The van der Waals surface area contributed by atoms with Crippen molar-refractivity contribution in [1.82, 2.24) is 14.5 Å². The lowest BCUT2D eigenvalue weighted by Crippen LogP contribution is -1.97. The molecule has 0 aliphatic heterocycles. The zero-order chi connectivity index (χ0) is 10.6. The number of imidazole rings is 1. The third kappa shape index (κ3) is 1.32. The van der Waals surface area contributed by atoms with Crippen LogP contribution in [0.2, 0.25) is 0 Å². The van der Waals surface area contributed by atoms with Crippen LogP contribution in [0.15, 0.2) is 12.1 Å². The van der Waals surface area contributed by atoms with Crippen LogP contribution in [0, 0.1) is 17.6 Å². The number of pyridine rings is 1. The van der Waals surface area contributed by atoms with Gasteiger partial charge in [-0.3, -0.25) is 4.57 Å². The number of nitrogens with zero attached hydrogens (tertiary/aromatic N) is 2. The number of rotatable bonds is 1. The summed E-state index contributed by atoms with van der Waals surface area (Å²) in [5, 5.41) is 0. The topological polar surface area (TPSA) is 33.6 Å². The van der Waals surface area contributed by atoms with E-state index in [0.29, 0.717) is 6.04 Å². The number of H-pyrrole nitrogens is 1. The van der Waals surface area contributed by atoms with Crippen LogP contribution in [0.1, 0.15) is 25.1 Å². The van der Waals surface area contributed by atoms with Crippen LogP contribution in [0.25, 0.3) is 11.2 Å². The molecule has 0 spiro atoms. The molecule has 1 aliphatic rings. The number of hydrogen-bond acceptors (Lipinski definition) is 2. The molecule has 78 valence electrons. The van der Waals surface area contributed by atoms with Crippen molar-refractivity contribution >= 4 is 23.4 Å². The van der Waals surface area contributed by atoms with Crippen molar-refractivity contribution in [1.29, 1.82) is 0 Å². The van der Waals surface area contributed by atoms with Crippen molar-refractivity contribution in [2.45, 2.75) is 26.3 Å². The smallest absolute Gasteiger partial charge is 0.179 e. The second kappa shape index (κ2) is 2.92. The van der Waals surface area contributed by atoms with Gasteiger partial charge < -0.3 is 4.98 Å². The van der Waals surface area contributed by atoms with E-state index < -0.39 is 0 Å². The Labute approximate surface area is 93.1 Å². The molecule has 0 amide bonds.